The molecule has 0 fully saturated rings. The van der Waals surface area contributed by atoms with Crippen LogP contribution in [0.3, 0.4) is 0 Å². The first-order chi connectivity index (χ1) is 2.00. The summed E-state index contributed by atoms with van der Waals surface area (Å²) in [6, 6.07) is 0. The van der Waals surface area contributed by atoms with Gasteiger partial charge in [0.2, 0.25) is 0 Å². The van der Waals surface area contributed by atoms with Crippen LogP contribution >= 0.6 is 0 Å². The molecule has 0 bridgehead atoms. The normalized spacial score (nSPS) is 9.67. The molecule has 4 nitrogen and oxygen atoms in total. The quantitative estimate of drug-likeness (QED) is 0.445. The summed E-state index contributed by atoms with van der Waals surface area (Å²) in [5, 5.41) is 0. The third kappa shape index (κ3) is 287. The molecule has 0 aromatic heterocycles. The molecule has 4 radical (unpaired) electrons. The Morgan fingerprint density at radius 2 is 1.17 bits per heavy atom. The SMILES string of the molecule is [O]=[Mo](=[O])([OH])[OH].[Si]. The summed E-state index contributed by atoms with van der Waals surface area (Å²) < 4.78 is 32.0. The molecule has 0 aromatic carbocycles. The first-order valence-electron chi connectivity index (χ1n) is 0.698. The van der Waals surface area contributed by atoms with Crippen LogP contribution in [0.25, 0.3) is 0 Å². The van der Waals surface area contributed by atoms with Crippen LogP contribution in [-0.2, 0) is 23.5 Å². The molecule has 0 aliphatic carbocycles. The molecule has 0 amide bonds. The summed E-state index contributed by atoms with van der Waals surface area (Å²) in [6.07, 6.45) is 0. The van der Waals surface area contributed by atoms with E-state index in [0.717, 1.165) is 0 Å². The maximum absolute atomic E-state index is 8.85. The second-order valence-corrected chi connectivity index (χ2v) is 2.65. The van der Waals surface area contributed by atoms with Gasteiger partial charge in [-0.05, 0) is 0 Å². The van der Waals surface area contributed by atoms with Crippen LogP contribution in [0.1, 0.15) is 0 Å². The molecule has 0 unspecified atom stereocenters. The van der Waals surface area contributed by atoms with E-state index in [9.17, 15) is 0 Å². The Bertz CT molecular complexity index is 90.7. The van der Waals surface area contributed by atoms with Crippen molar-refractivity contribution in [2.45, 2.75) is 0 Å². The van der Waals surface area contributed by atoms with Crippen LogP contribution < -0.4 is 0 Å². The standard InChI is InChI=1S/Mo.2H2O.2O.Si/h;2*1H2;;;/q+2;;;;;/p-2. The van der Waals surface area contributed by atoms with Crippen LogP contribution in [0.5, 0.6) is 0 Å². The van der Waals surface area contributed by atoms with Crippen LogP contribution in [-0.4, -0.2) is 18.5 Å². The van der Waals surface area contributed by atoms with Gasteiger partial charge in [-0.3, -0.25) is 0 Å². The minimum absolute atomic E-state index is 0. The topological polar surface area (TPSA) is 74.6 Å². The van der Waals surface area contributed by atoms with Gasteiger partial charge in [0.05, 0.1) is 0 Å². The summed E-state index contributed by atoms with van der Waals surface area (Å²) in [4.78, 5) is 0. The molecule has 0 heterocycles. The summed E-state index contributed by atoms with van der Waals surface area (Å²) in [7, 11) is 0. The largest absolute Gasteiger partial charge is 0 e. The van der Waals surface area contributed by atoms with Crippen molar-refractivity contribution in [3.05, 3.63) is 0 Å². The first-order valence-corrected chi connectivity index (χ1v) is 4.13. The van der Waals surface area contributed by atoms with Crippen molar-refractivity contribution in [2.75, 3.05) is 0 Å². The van der Waals surface area contributed by atoms with E-state index < -0.39 is 16.7 Å². The number of rotatable bonds is 0. The van der Waals surface area contributed by atoms with Crippen molar-refractivity contribution in [1.29, 1.82) is 0 Å². The van der Waals surface area contributed by atoms with Crippen LogP contribution in [0.15, 0.2) is 0 Å². The van der Waals surface area contributed by atoms with Gasteiger partial charge >= 0.3 is 31.1 Å². The Kier molecular flexibility index (Phi) is 4.14. The Morgan fingerprint density at radius 3 is 1.17 bits per heavy atom. The zero-order valence-corrected chi connectivity index (χ0v) is 5.63. The molecular formula is H2MoO4Si. The van der Waals surface area contributed by atoms with Gasteiger partial charge in [0, 0.05) is 11.0 Å². The average Bonchev–Trinajstić information content (AvgIpc) is 0.722. The fraction of sp³-hybridized carbons (Fsp3) is 0. The van der Waals surface area contributed by atoms with Gasteiger partial charge in [-0.25, -0.2) is 0 Å². The Labute approximate surface area is 42.5 Å². The fourth-order valence-electron chi connectivity index (χ4n) is 0. The Hall–Kier alpha value is 0.425. The van der Waals surface area contributed by atoms with E-state index in [1.807, 2.05) is 0 Å². The number of hydrogen-bond acceptors (Lipinski definition) is 2. The van der Waals surface area contributed by atoms with Gasteiger partial charge in [0.15, 0.2) is 0 Å². The molecule has 0 aliphatic heterocycles. The van der Waals surface area contributed by atoms with Crippen LogP contribution in [0, 0.1) is 0 Å². The summed E-state index contributed by atoms with van der Waals surface area (Å²) in [5.74, 6) is 0. The zero-order valence-electron chi connectivity index (χ0n) is 2.62. The van der Waals surface area contributed by atoms with Crippen molar-refractivity contribution in [2.24, 2.45) is 0 Å². The average molecular weight is 190 g/mol. The van der Waals surface area contributed by atoms with Crippen molar-refractivity contribution < 1.29 is 31.1 Å². The molecule has 6 heavy (non-hydrogen) atoms. The smallest absolute Gasteiger partial charge is 0 e. The fourth-order valence-corrected chi connectivity index (χ4v) is 0. The molecule has 0 atom stereocenters. The van der Waals surface area contributed by atoms with E-state index in [1.165, 1.54) is 0 Å². The van der Waals surface area contributed by atoms with Crippen molar-refractivity contribution in [1.82, 2.24) is 0 Å². The zero-order chi connectivity index (χ0) is 4.50. The second kappa shape index (κ2) is 2.57. The van der Waals surface area contributed by atoms with Gasteiger partial charge in [-0.15, -0.1) is 0 Å². The molecule has 0 aliphatic rings. The second-order valence-electron chi connectivity index (χ2n) is 0.448. The molecule has 6 heteroatoms. The molecule has 2 N–H and O–H groups in total. The van der Waals surface area contributed by atoms with E-state index in [1.54, 1.807) is 0 Å². The minimum atomic E-state index is -5.52. The van der Waals surface area contributed by atoms with Gasteiger partial charge in [0.25, 0.3) is 0 Å². The maximum atomic E-state index is 8.85. The summed E-state index contributed by atoms with van der Waals surface area (Å²) in [5.41, 5.74) is 0. The van der Waals surface area contributed by atoms with Crippen molar-refractivity contribution in [3.63, 3.8) is 0 Å². The minimum Gasteiger partial charge on any atom is 0 e. The van der Waals surface area contributed by atoms with E-state index >= 15 is 0 Å². The molecule has 0 spiro atoms. The van der Waals surface area contributed by atoms with E-state index in [2.05, 4.69) is 0 Å². The third-order valence-corrected chi connectivity index (χ3v) is 0. The van der Waals surface area contributed by atoms with Crippen LogP contribution in [0.2, 0.25) is 0 Å². The summed E-state index contributed by atoms with van der Waals surface area (Å²) in [6.45, 7) is 0. The van der Waals surface area contributed by atoms with E-state index in [4.69, 9.17) is 14.3 Å². The Balaban J connectivity index is 0. The number of hydrogen-bond donors (Lipinski definition) is 2. The molecule has 0 saturated heterocycles. The van der Waals surface area contributed by atoms with Gasteiger partial charge in [0.1, 0.15) is 0 Å². The molecule has 0 saturated carbocycles. The predicted octanol–water partition coefficient (Wildman–Crippen LogP) is -1.73. The molecule has 0 aromatic rings. The Morgan fingerprint density at radius 1 is 1.17 bits per heavy atom. The molecule has 36 valence electrons. The van der Waals surface area contributed by atoms with Crippen LogP contribution in [0.4, 0.5) is 0 Å². The van der Waals surface area contributed by atoms with Gasteiger partial charge in [-0.2, -0.15) is 0 Å². The van der Waals surface area contributed by atoms with Gasteiger partial charge < -0.3 is 0 Å². The van der Waals surface area contributed by atoms with Crippen molar-refractivity contribution >= 4 is 11.0 Å². The maximum Gasteiger partial charge on any atom is 0 e. The molecular weight excluding hydrogens is 188 g/mol. The summed E-state index contributed by atoms with van der Waals surface area (Å²) >= 11 is -5.52. The monoisotopic (exact) mass is 192 g/mol. The third-order valence-electron chi connectivity index (χ3n) is 0. The van der Waals surface area contributed by atoms with Gasteiger partial charge in [-0.1, -0.05) is 0 Å². The molecule has 0 rings (SSSR count). The van der Waals surface area contributed by atoms with Crippen molar-refractivity contribution in [3.8, 4) is 0 Å². The predicted molar refractivity (Wildman–Crippen MR) is 11.6 cm³/mol. The van der Waals surface area contributed by atoms with E-state index in [-0.39, 0.29) is 11.0 Å². The van der Waals surface area contributed by atoms with E-state index in [0.29, 0.717) is 0 Å². The first kappa shape index (κ1) is 9.66.